The van der Waals surface area contributed by atoms with Crippen molar-refractivity contribution >= 4 is 29.6 Å². The first-order chi connectivity index (χ1) is 4.19. The summed E-state index contributed by atoms with van der Waals surface area (Å²) in [6, 6.07) is 0. The summed E-state index contributed by atoms with van der Waals surface area (Å²) in [6.07, 6.45) is 0. The molecular weight excluding hydrogens is 183 g/mol. The first kappa shape index (κ1) is 10.8. The highest BCUT2D eigenvalue weighted by Gasteiger charge is 2.40. The van der Waals surface area contributed by atoms with E-state index in [9.17, 15) is 0 Å². The molecule has 0 saturated carbocycles. The summed E-state index contributed by atoms with van der Waals surface area (Å²) in [7, 11) is -1.22. The van der Waals surface area contributed by atoms with Gasteiger partial charge in [0.2, 0.25) is 0 Å². The van der Waals surface area contributed by atoms with Gasteiger partial charge in [0.25, 0.3) is 7.42 Å². The zero-order valence-electron chi connectivity index (χ0n) is 7.26. The van der Waals surface area contributed by atoms with Gasteiger partial charge in [-0.05, 0) is 10.5 Å². The van der Waals surface area contributed by atoms with Crippen LogP contribution in [0, 0.1) is 5.41 Å². The molecule has 0 amide bonds. The van der Waals surface area contributed by atoms with Crippen molar-refractivity contribution in [1.82, 2.24) is 0 Å². The molecule has 0 aliphatic carbocycles. The second kappa shape index (κ2) is 3.04. The SMILES string of the molecule is CC(C)(C)C(C)(C)[Si](Cl)Cl. The first-order valence-corrected chi connectivity index (χ1v) is 6.90. The highest BCUT2D eigenvalue weighted by atomic mass is 35.7. The molecule has 0 N–H and O–H groups in total. The number of halogens is 2. The summed E-state index contributed by atoms with van der Waals surface area (Å²) in [4.78, 5) is 0. The van der Waals surface area contributed by atoms with Crippen LogP contribution in [0.4, 0.5) is 0 Å². The third-order valence-electron chi connectivity index (χ3n) is 2.35. The number of rotatable bonds is 1. The van der Waals surface area contributed by atoms with Crippen LogP contribution in [-0.4, -0.2) is 7.42 Å². The third kappa shape index (κ3) is 2.14. The van der Waals surface area contributed by atoms with Gasteiger partial charge in [-0.15, -0.1) is 22.2 Å². The first-order valence-electron chi connectivity index (χ1n) is 3.38. The Hall–Kier alpha value is 0.797. The molecule has 0 aliphatic heterocycles. The summed E-state index contributed by atoms with van der Waals surface area (Å²) >= 11 is 11.8. The molecule has 0 spiro atoms. The van der Waals surface area contributed by atoms with Crippen LogP contribution in [0.2, 0.25) is 5.04 Å². The van der Waals surface area contributed by atoms with E-state index in [4.69, 9.17) is 22.2 Å². The topological polar surface area (TPSA) is 0 Å². The van der Waals surface area contributed by atoms with Crippen molar-refractivity contribution in [3.63, 3.8) is 0 Å². The Morgan fingerprint density at radius 2 is 1.20 bits per heavy atom. The second-order valence-electron chi connectivity index (χ2n) is 4.14. The number of hydrogen-bond acceptors (Lipinski definition) is 0. The minimum Gasteiger partial charge on any atom is -0.146 e. The van der Waals surface area contributed by atoms with Gasteiger partial charge in [-0.25, -0.2) is 0 Å². The van der Waals surface area contributed by atoms with E-state index in [0.29, 0.717) is 0 Å². The molecule has 61 valence electrons. The summed E-state index contributed by atoms with van der Waals surface area (Å²) in [6.45, 7) is 10.8. The maximum atomic E-state index is 5.92. The fourth-order valence-corrected chi connectivity index (χ4v) is 2.55. The molecule has 0 aliphatic rings. The summed E-state index contributed by atoms with van der Waals surface area (Å²) in [5.41, 5.74) is 0.199. The van der Waals surface area contributed by atoms with Gasteiger partial charge in [0.1, 0.15) is 0 Å². The highest BCUT2D eigenvalue weighted by molar-refractivity contribution is 7.35. The van der Waals surface area contributed by atoms with Crippen LogP contribution in [0.3, 0.4) is 0 Å². The van der Waals surface area contributed by atoms with Gasteiger partial charge in [-0.2, -0.15) is 0 Å². The molecule has 0 heterocycles. The van der Waals surface area contributed by atoms with E-state index in [2.05, 4.69) is 34.6 Å². The molecule has 0 fully saturated rings. The van der Waals surface area contributed by atoms with Crippen molar-refractivity contribution in [2.24, 2.45) is 5.41 Å². The quantitative estimate of drug-likeness (QED) is 0.444. The van der Waals surface area contributed by atoms with E-state index in [1.165, 1.54) is 0 Å². The minimum absolute atomic E-state index is 0.0702. The fourth-order valence-electron chi connectivity index (χ4n) is 0.283. The Kier molecular flexibility index (Phi) is 3.28. The lowest BCUT2D eigenvalue weighted by Crippen LogP contribution is -2.31. The Labute approximate surface area is 74.9 Å². The summed E-state index contributed by atoms with van der Waals surface area (Å²) in [5, 5.41) is 0.0702. The maximum Gasteiger partial charge on any atom is 0.280 e. The molecule has 0 rings (SSSR count). The summed E-state index contributed by atoms with van der Waals surface area (Å²) < 4.78 is 0. The van der Waals surface area contributed by atoms with Crippen molar-refractivity contribution in [3.8, 4) is 0 Å². The molecule has 1 radical (unpaired) electrons. The molecule has 0 aromatic heterocycles. The molecule has 0 atom stereocenters. The molecule has 3 heteroatoms. The van der Waals surface area contributed by atoms with Crippen molar-refractivity contribution in [3.05, 3.63) is 0 Å². The summed E-state index contributed by atoms with van der Waals surface area (Å²) in [5.74, 6) is 0. The lowest BCUT2D eigenvalue weighted by molar-refractivity contribution is 0.299. The van der Waals surface area contributed by atoms with Gasteiger partial charge in [0.05, 0.1) is 0 Å². The van der Waals surface area contributed by atoms with E-state index in [1.54, 1.807) is 0 Å². The van der Waals surface area contributed by atoms with Crippen molar-refractivity contribution in [2.45, 2.75) is 39.7 Å². The standard InChI is InChI=1S/C7H15Cl2Si/c1-6(2,3)7(4,5)10(8)9/h1-5H3. The zero-order valence-corrected chi connectivity index (χ0v) is 9.77. The molecule has 0 bridgehead atoms. The van der Waals surface area contributed by atoms with Crippen molar-refractivity contribution in [1.29, 1.82) is 0 Å². The van der Waals surface area contributed by atoms with Crippen LogP contribution >= 0.6 is 22.2 Å². The van der Waals surface area contributed by atoms with E-state index >= 15 is 0 Å². The van der Waals surface area contributed by atoms with Gasteiger partial charge in [0, 0.05) is 0 Å². The molecule has 0 nitrogen and oxygen atoms in total. The average molecular weight is 198 g/mol. The molecule has 0 saturated heterocycles. The van der Waals surface area contributed by atoms with Gasteiger partial charge in [-0.1, -0.05) is 34.6 Å². The fraction of sp³-hybridized carbons (Fsp3) is 1.00. The van der Waals surface area contributed by atoms with E-state index in [-0.39, 0.29) is 10.5 Å². The van der Waals surface area contributed by atoms with Crippen LogP contribution in [-0.2, 0) is 0 Å². The monoisotopic (exact) mass is 197 g/mol. The molecule has 0 aromatic carbocycles. The minimum atomic E-state index is -1.22. The van der Waals surface area contributed by atoms with Crippen LogP contribution in [0.5, 0.6) is 0 Å². The van der Waals surface area contributed by atoms with Crippen LogP contribution < -0.4 is 0 Å². The van der Waals surface area contributed by atoms with E-state index < -0.39 is 7.42 Å². The lowest BCUT2D eigenvalue weighted by Gasteiger charge is -2.38. The van der Waals surface area contributed by atoms with Crippen molar-refractivity contribution in [2.75, 3.05) is 0 Å². The van der Waals surface area contributed by atoms with E-state index in [1.807, 2.05) is 0 Å². The predicted molar refractivity (Wildman–Crippen MR) is 51.0 cm³/mol. The normalized spacial score (nSPS) is 14.4. The smallest absolute Gasteiger partial charge is 0.146 e. The Bertz CT molecular complexity index is 113. The van der Waals surface area contributed by atoms with Gasteiger partial charge >= 0.3 is 0 Å². The Morgan fingerprint density at radius 1 is 0.900 bits per heavy atom. The van der Waals surface area contributed by atoms with Crippen LogP contribution in [0.25, 0.3) is 0 Å². The number of hydrogen-bond donors (Lipinski definition) is 0. The third-order valence-corrected chi connectivity index (χ3v) is 6.88. The molecule has 10 heavy (non-hydrogen) atoms. The molecular formula is C7H15Cl2Si. The second-order valence-corrected chi connectivity index (χ2v) is 8.75. The maximum absolute atomic E-state index is 5.92. The molecule has 0 aromatic rings. The van der Waals surface area contributed by atoms with Crippen molar-refractivity contribution < 1.29 is 0 Å². The van der Waals surface area contributed by atoms with E-state index in [0.717, 1.165) is 0 Å². The average Bonchev–Trinajstić information content (AvgIpc) is 1.62. The van der Waals surface area contributed by atoms with Gasteiger partial charge in [-0.3, -0.25) is 0 Å². The predicted octanol–water partition coefficient (Wildman–Crippen LogP) is 3.78. The molecule has 0 unspecified atom stereocenters. The zero-order chi connectivity index (χ0) is 8.58. The largest absolute Gasteiger partial charge is 0.280 e. The van der Waals surface area contributed by atoms with Gasteiger partial charge < -0.3 is 0 Å². The Morgan fingerprint density at radius 3 is 1.20 bits per heavy atom. The Balaban J connectivity index is 4.40. The lowest BCUT2D eigenvalue weighted by atomic mass is 9.82. The van der Waals surface area contributed by atoms with Crippen LogP contribution in [0.15, 0.2) is 0 Å². The van der Waals surface area contributed by atoms with Crippen LogP contribution in [0.1, 0.15) is 34.6 Å². The van der Waals surface area contributed by atoms with Gasteiger partial charge in [0.15, 0.2) is 0 Å². The highest BCUT2D eigenvalue weighted by Crippen LogP contribution is 2.49.